The normalized spacial score (nSPS) is 27.6. The molecule has 1 saturated heterocycles. The van der Waals surface area contributed by atoms with E-state index in [1.54, 1.807) is 7.11 Å². The molecule has 0 N–H and O–H groups in total. The smallest absolute Gasteiger partial charge is 0.171 e. The molecule has 1 aliphatic heterocycles. The second-order valence-electron chi connectivity index (χ2n) is 6.47. The first-order valence-electron chi connectivity index (χ1n) is 8.26. The van der Waals surface area contributed by atoms with Crippen LogP contribution in [0.5, 0.6) is 5.75 Å². The van der Waals surface area contributed by atoms with Crippen LogP contribution in [0.3, 0.4) is 0 Å². The average Bonchev–Trinajstić information content (AvgIpc) is 2.56. The van der Waals surface area contributed by atoms with Gasteiger partial charge in [-0.3, -0.25) is 4.90 Å². The van der Waals surface area contributed by atoms with Gasteiger partial charge in [-0.15, -0.1) is 0 Å². The zero-order chi connectivity index (χ0) is 14.7. The van der Waals surface area contributed by atoms with Crippen molar-refractivity contribution < 1.29 is 4.74 Å². The SMILES string of the molecule is COc1cccnc1N1CCN(C2CCC(C)CC2)CC1. The summed E-state index contributed by atoms with van der Waals surface area (Å²) in [5.74, 6) is 2.81. The van der Waals surface area contributed by atoms with Crippen LogP contribution in [0.1, 0.15) is 32.6 Å². The van der Waals surface area contributed by atoms with Crippen molar-refractivity contribution in [2.75, 3.05) is 38.2 Å². The van der Waals surface area contributed by atoms with Crippen LogP contribution in [-0.4, -0.2) is 49.2 Å². The predicted octanol–water partition coefficient (Wildman–Crippen LogP) is 2.79. The highest BCUT2D eigenvalue weighted by Gasteiger charge is 2.28. The molecule has 0 atom stereocenters. The van der Waals surface area contributed by atoms with E-state index in [4.69, 9.17) is 4.74 Å². The second kappa shape index (κ2) is 6.65. The maximum Gasteiger partial charge on any atom is 0.171 e. The van der Waals surface area contributed by atoms with Crippen LogP contribution < -0.4 is 9.64 Å². The van der Waals surface area contributed by atoms with Crippen LogP contribution in [0.2, 0.25) is 0 Å². The lowest BCUT2D eigenvalue weighted by molar-refractivity contribution is 0.132. The largest absolute Gasteiger partial charge is 0.493 e. The molecule has 0 unspecified atom stereocenters. The van der Waals surface area contributed by atoms with Crippen molar-refractivity contribution in [2.45, 2.75) is 38.6 Å². The van der Waals surface area contributed by atoms with E-state index in [0.29, 0.717) is 0 Å². The third-order valence-corrected chi connectivity index (χ3v) is 5.09. The molecule has 2 fully saturated rings. The molecule has 0 amide bonds. The van der Waals surface area contributed by atoms with E-state index >= 15 is 0 Å². The number of hydrogen-bond donors (Lipinski definition) is 0. The zero-order valence-corrected chi connectivity index (χ0v) is 13.3. The molecule has 1 aliphatic carbocycles. The van der Waals surface area contributed by atoms with Gasteiger partial charge in [-0.2, -0.15) is 0 Å². The summed E-state index contributed by atoms with van der Waals surface area (Å²) in [5, 5.41) is 0. The standard InChI is InChI=1S/C17H27N3O/c1-14-5-7-15(8-6-14)19-10-12-20(13-11-19)17-16(21-2)4-3-9-18-17/h3-4,9,14-15H,5-8,10-13H2,1-2H3. The molecule has 1 aromatic heterocycles. The van der Waals surface area contributed by atoms with Crippen molar-refractivity contribution in [3.8, 4) is 5.75 Å². The summed E-state index contributed by atoms with van der Waals surface area (Å²) in [6, 6.07) is 4.74. The summed E-state index contributed by atoms with van der Waals surface area (Å²) in [5.41, 5.74) is 0. The van der Waals surface area contributed by atoms with Gasteiger partial charge in [0.15, 0.2) is 11.6 Å². The van der Waals surface area contributed by atoms with Crippen LogP contribution in [-0.2, 0) is 0 Å². The van der Waals surface area contributed by atoms with Gasteiger partial charge in [0.25, 0.3) is 0 Å². The lowest BCUT2D eigenvalue weighted by atomic mass is 9.86. The minimum atomic E-state index is 0.814. The monoisotopic (exact) mass is 289 g/mol. The highest BCUT2D eigenvalue weighted by atomic mass is 16.5. The summed E-state index contributed by atoms with van der Waals surface area (Å²) in [4.78, 5) is 9.56. The Balaban J connectivity index is 1.57. The minimum absolute atomic E-state index is 0.814. The molecule has 1 saturated carbocycles. The van der Waals surface area contributed by atoms with E-state index in [1.807, 2.05) is 18.3 Å². The van der Waals surface area contributed by atoms with Crippen molar-refractivity contribution in [3.63, 3.8) is 0 Å². The number of piperazine rings is 1. The van der Waals surface area contributed by atoms with Crippen LogP contribution >= 0.6 is 0 Å². The van der Waals surface area contributed by atoms with Crippen LogP contribution in [0.25, 0.3) is 0 Å². The Bertz CT molecular complexity index is 449. The number of pyridine rings is 1. The van der Waals surface area contributed by atoms with Crippen LogP contribution in [0.15, 0.2) is 18.3 Å². The Labute approximate surface area is 128 Å². The summed E-state index contributed by atoms with van der Waals surface area (Å²) in [6.45, 7) is 6.80. The molecule has 4 heteroatoms. The molecule has 0 bridgehead atoms. The van der Waals surface area contributed by atoms with E-state index in [1.165, 1.54) is 25.7 Å². The van der Waals surface area contributed by atoms with Gasteiger partial charge in [0.2, 0.25) is 0 Å². The minimum Gasteiger partial charge on any atom is -0.493 e. The summed E-state index contributed by atoms with van der Waals surface area (Å²) >= 11 is 0. The van der Waals surface area contributed by atoms with E-state index < -0.39 is 0 Å². The summed E-state index contributed by atoms with van der Waals surface area (Å²) in [6.07, 6.45) is 7.42. The molecule has 4 nitrogen and oxygen atoms in total. The van der Waals surface area contributed by atoms with E-state index in [-0.39, 0.29) is 0 Å². The van der Waals surface area contributed by atoms with Crippen LogP contribution in [0, 0.1) is 5.92 Å². The number of methoxy groups -OCH3 is 1. The molecule has 0 radical (unpaired) electrons. The third-order valence-electron chi connectivity index (χ3n) is 5.09. The summed E-state index contributed by atoms with van der Waals surface area (Å²) < 4.78 is 5.44. The van der Waals surface area contributed by atoms with E-state index in [0.717, 1.165) is 49.7 Å². The zero-order valence-electron chi connectivity index (χ0n) is 13.3. The lowest BCUT2D eigenvalue weighted by Gasteiger charge is -2.42. The van der Waals surface area contributed by atoms with Crippen molar-refractivity contribution in [1.82, 2.24) is 9.88 Å². The Morgan fingerprint density at radius 3 is 2.48 bits per heavy atom. The predicted molar refractivity (Wildman–Crippen MR) is 86.0 cm³/mol. The van der Waals surface area contributed by atoms with Gasteiger partial charge in [-0.1, -0.05) is 6.92 Å². The second-order valence-corrected chi connectivity index (χ2v) is 6.47. The fourth-order valence-corrected chi connectivity index (χ4v) is 3.69. The Morgan fingerprint density at radius 2 is 1.81 bits per heavy atom. The fraction of sp³-hybridized carbons (Fsp3) is 0.706. The number of aromatic nitrogens is 1. The Kier molecular flexibility index (Phi) is 4.63. The molecule has 0 spiro atoms. The van der Waals surface area contributed by atoms with Crippen LogP contribution in [0.4, 0.5) is 5.82 Å². The number of hydrogen-bond acceptors (Lipinski definition) is 4. The van der Waals surface area contributed by atoms with Gasteiger partial charge in [0, 0.05) is 38.4 Å². The molecule has 21 heavy (non-hydrogen) atoms. The number of nitrogens with zero attached hydrogens (tertiary/aromatic N) is 3. The van der Waals surface area contributed by atoms with Crippen molar-refractivity contribution in [1.29, 1.82) is 0 Å². The third kappa shape index (κ3) is 3.31. The molecule has 3 rings (SSSR count). The first kappa shape index (κ1) is 14.6. The molecule has 2 aliphatic rings. The number of rotatable bonds is 3. The molecular weight excluding hydrogens is 262 g/mol. The van der Waals surface area contributed by atoms with Gasteiger partial charge in [0.1, 0.15) is 0 Å². The quantitative estimate of drug-likeness (QED) is 0.855. The fourth-order valence-electron chi connectivity index (χ4n) is 3.69. The highest BCUT2D eigenvalue weighted by Crippen LogP contribution is 2.30. The Morgan fingerprint density at radius 1 is 1.10 bits per heavy atom. The molecular formula is C17H27N3O. The van der Waals surface area contributed by atoms with Crippen molar-refractivity contribution in [2.24, 2.45) is 5.92 Å². The van der Waals surface area contributed by atoms with Gasteiger partial charge in [-0.25, -0.2) is 4.98 Å². The number of ether oxygens (including phenoxy) is 1. The van der Waals surface area contributed by atoms with E-state index in [2.05, 4.69) is 21.7 Å². The topological polar surface area (TPSA) is 28.6 Å². The first-order chi connectivity index (χ1) is 10.3. The maximum atomic E-state index is 5.44. The summed E-state index contributed by atoms with van der Waals surface area (Å²) in [7, 11) is 1.72. The lowest BCUT2D eigenvalue weighted by Crippen LogP contribution is -2.51. The maximum absolute atomic E-state index is 5.44. The Hall–Kier alpha value is -1.29. The molecule has 0 aromatic carbocycles. The molecule has 2 heterocycles. The average molecular weight is 289 g/mol. The van der Waals surface area contributed by atoms with Gasteiger partial charge < -0.3 is 9.64 Å². The van der Waals surface area contributed by atoms with Gasteiger partial charge in [-0.05, 0) is 43.7 Å². The highest BCUT2D eigenvalue weighted by molar-refractivity contribution is 5.52. The van der Waals surface area contributed by atoms with Gasteiger partial charge in [0.05, 0.1) is 7.11 Å². The van der Waals surface area contributed by atoms with Crippen molar-refractivity contribution >= 4 is 5.82 Å². The number of anilines is 1. The van der Waals surface area contributed by atoms with Crippen molar-refractivity contribution in [3.05, 3.63) is 18.3 Å². The van der Waals surface area contributed by atoms with E-state index in [9.17, 15) is 0 Å². The molecule has 116 valence electrons. The molecule has 1 aromatic rings. The van der Waals surface area contributed by atoms with Gasteiger partial charge >= 0.3 is 0 Å². The first-order valence-corrected chi connectivity index (χ1v) is 8.26.